The van der Waals surface area contributed by atoms with E-state index >= 15 is 0 Å². The Kier molecular flexibility index (Phi) is 21.2. The van der Waals surface area contributed by atoms with Crippen LogP contribution in [0.5, 0.6) is 0 Å². The Morgan fingerprint density at radius 3 is 1.60 bits per heavy atom. The quantitative estimate of drug-likeness (QED) is 0.709. The summed E-state index contributed by atoms with van der Waals surface area (Å²) in [4.78, 5) is 0. The number of hydrogen-bond acceptors (Lipinski definition) is 1. The van der Waals surface area contributed by atoms with Gasteiger partial charge in [-0.25, -0.2) is 0 Å². The number of alkyl halides is 1. The third kappa shape index (κ3) is 23.7. The Labute approximate surface area is 73.0 Å². The predicted molar refractivity (Wildman–Crippen MR) is 50.7 cm³/mol. The highest BCUT2D eigenvalue weighted by atomic mass is 79.9. The number of aliphatic hydroxyl groups is 1. The summed E-state index contributed by atoms with van der Waals surface area (Å²) in [6.45, 7) is 4.58. The molecule has 64 valence electrons. The third-order valence-corrected chi connectivity index (χ3v) is 1.56. The Bertz CT molecular complexity index is 30.2. The van der Waals surface area contributed by atoms with Crippen molar-refractivity contribution in [3.63, 3.8) is 0 Å². The first-order chi connectivity index (χ1) is 4.83. The average Bonchev–Trinajstić information content (AvgIpc) is 1.93. The summed E-state index contributed by atoms with van der Waals surface area (Å²) in [5, 5.41) is 9.22. The van der Waals surface area contributed by atoms with Crippen LogP contribution in [0.4, 0.5) is 0 Å². The maximum Gasteiger partial charge on any atom is 0.0430 e. The van der Waals surface area contributed by atoms with Gasteiger partial charge in [0.1, 0.15) is 0 Å². The van der Waals surface area contributed by atoms with Crippen molar-refractivity contribution in [1.29, 1.82) is 0 Å². The van der Waals surface area contributed by atoms with E-state index in [0.29, 0.717) is 6.61 Å². The van der Waals surface area contributed by atoms with Crippen LogP contribution in [0.3, 0.4) is 0 Å². The van der Waals surface area contributed by atoms with Crippen molar-refractivity contribution in [2.24, 2.45) is 0 Å². The van der Waals surface area contributed by atoms with Gasteiger partial charge in [0.05, 0.1) is 0 Å². The average molecular weight is 211 g/mol. The van der Waals surface area contributed by atoms with Crippen molar-refractivity contribution in [2.45, 2.75) is 39.5 Å². The van der Waals surface area contributed by atoms with Gasteiger partial charge in [-0.3, -0.25) is 0 Å². The molecule has 0 aliphatic carbocycles. The first-order valence-electron chi connectivity index (χ1n) is 4.00. The maximum atomic E-state index is 8.07. The second-order valence-corrected chi connectivity index (χ2v) is 2.91. The van der Waals surface area contributed by atoms with Crippen molar-refractivity contribution >= 4 is 15.9 Å². The summed E-state index contributed by atoms with van der Waals surface area (Å²) in [5.74, 6) is 0. The molecule has 0 unspecified atom stereocenters. The number of rotatable bonds is 4. The zero-order valence-electron chi connectivity index (χ0n) is 7.07. The van der Waals surface area contributed by atoms with Crippen molar-refractivity contribution in [2.75, 3.05) is 11.9 Å². The molecule has 0 fully saturated rings. The number of aliphatic hydroxyl groups excluding tert-OH is 1. The Hall–Kier alpha value is 0.440. The second kappa shape index (κ2) is 16.2. The van der Waals surface area contributed by atoms with Gasteiger partial charge in [0.25, 0.3) is 0 Å². The highest BCUT2D eigenvalue weighted by Crippen LogP contribution is 1.89. The van der Waals surface area contributed by atoms with Crippen molar-refractivity contribution in [3.05, 3.63) is 0 Å². The van der Waals surface area contributed by atoms with E-state index in [1.54, 1.807) is 0 Å². The fourth-order valence-electron chi connectivity index (χ4n) is 0.292. The smallest absolute Gasteiger partial charge is 0.0430 e. The molecule has 0 aromatic rings. The van der Waals surface area contributed by atoms with Crippen LogP contribution in [-0.4, -0.2) is 17.0 Å². The lowest BCUT2D eigenvalue weighted by atomic mass is 10.4. The standard InChI is InChI=1S/C4H9Br.C4H10O/c2*1-2-3-4-5/h2-4H2,1H3;5H,2-4H2,1H3. The third-order valence-electron chi connectivity index (χ3n) is 0.999. The minimum absolute atomic E-state index is 0.344. The van der Waals surface area contributed by atoms with Crippen LogP contribution in [-0.2, 0) is 0 Å². The first-order valence-corrected chi connectivity index (χ1v) is 5.12. The van der Waals surface area contributed by atoms with E-state index in [1.807, 2.05) is 0 Å². The lowest BCUT2D eigenvalue weighted by molar-refractivity contribution is 0.287. The van der Waals surface area contributed by atoms with Crippen LogP contribution >= 0.6 is 15.9 Å². The molecular formula is C8H19BrO. The summed E-state index contributed by atoms with van der Waals surface area (Å²) < 4.78 is 0. The summed E-state index contributed by atoms with van der Waals surface area (Å²) in [6.07, 6.45) is 4.64. The van der Waals surface area contributed by atoms with Gasteiger partial charge in [-0.05, 0) is 12.8 Å². The molecule has 1 N–H and O–H groups in total. The van der Waals surface area contributed by atoms with Gasteiger partial charge in [-0.15, -0.1) is 0 Å². The van der Waals surface area contributed by atoms with E-state index in [2.05, 4.69) is 29.8 Å². The molecule has 0 aromatic heterocycles. The van der Waals surface area contributed by atoms with Crippen molar-refractivity contribution in [1.82, 2.24) is 0 Å². The molecule has 0 bridgehead atoms. The van der Waals surface area contributed by atoms with E-state index in [0.717, 1.165) is 18.2 Å². The number of halogens is 1. The van der Waals surface area contributed by atoms with Gasteiger partial charge in [-0.2, -0.15) is 0 Å². The van der Waals surface area contributed by atoms with Crippen LogP contribution in [0.25, 0.3) is 0 Å². The van der Waals surface area contributed by atoms with E-state index in [1.165, 1.54) is 12.8 Å². The van der Waals surface area contributed by atoms with E-state index in [9.17, 15) is 0 Å². The van der Waals surface area contributed by atoms with Gasteiger partial charge in [-0.1, -0.05) is 42.6 Å². The highest BCUT2D eigenvalue weighted by molar-refractivity contribution is 9.09. The fraction of sp³-hybridized carbons (Fsp3) is 1.00. The molecule has 0 rings (SSSR count). The molecule has 10 heavy (non-hydrogen) atoms. The zero-order valence-corrected chi connectivity index (χ0v) is 8.65. The molecule has 2 heteroatoms. The molecule has 0 amide bonds. The summed E-state index contributed by atoms with van der Waals surface area (Å²) in [6, 6.07) is 0. The highest BCUT2D eigenvalue weighted by Gasteiger charge is 1.70. The van der Waals surface area contributed by atoms with Crippen molar-refractivity contribution in [3.8, 4) is 0 Å². The van der Waals surface area contributed by atoms with Crippen LogP contribution < -0.4 is 0 Å². The first kappa shape index (κ1) is 13.1. The lowest BCUT2D eigenvalue weighted by Gasteiger charge is -1.79. The van der Waals surface area contributed by atoms with Crippen LogP contribution in [0.15, 0.2) is 0 Å². The molecule has 0 aromatic carbocycles. The molecule has 0 radical (unpaired) electrons. The van der Waals surface area contributed by atoms with Crippen molar-refractivity contribution < 1.29 is 5.11 Å². The predicted octanol–water partition coefficient (Wildman–Crippen LogP) is 2.96. The molecule has 0 heterocycles. The zero-order chi connectivity index (χ0) is 8.24. The van der Waals surface area contributed by atoms with Crippen LogP contribution in [0, 0.1) is 0 Å². The molecule has 1 nitrogen and oxygen atoms in total. The summed E-state index contributed by atoms with van der Waals surface area (Å²) >= 11 is 3.31. The van der Waals surface area contributed by atoms with Crippen LogP contribution in [0.2, 0.25) is 0 Å². The Balaban J connectivity index is 0. The lowest BCUT2D eigenvalue weighted by Crippen LogP contribution is -1.75. The molecule has 0 saturated carbocycles. The Morgan fingerprint density at radius 2 is 1.60 bits per heavy atom. The summed E-state index contributed by atoms with van der Waals surface area (Å²) in [5.41, 5.74) is 0. The SMILES string of the molecule is CCCCBr.CCCCO. The van der Waals surface area contributed by atoms with E-state index in [4.69, 9.17) is 5.11 Å². The largest absolute Gasteiger partial charge is 0.396 e. The van der Waals surface area contributed by atoms with E-state index < -0.39 is 0 Å². The normalized spacial score (nSPS) is 8.40. The number of hydrogen-bond donors (Lipinski definition) is 1. The molecule has 0 saturated heterocycles. The van der Waals surface area contributed by atoms with Gasteiger partial charge >= 0.3 is 0 Å². The molecule has 0 aliphatic heterocycles. The Morgan fingerprint density at radius 1 is 1.10 bits per heavy atom. The maximum absolute atomic E-state index is 8.07. The molecule has 0 aliphatic rings. The summed E-state index contributed by atoms with van der Waals surface area (Å²) in [7, 11) is 0. The minimum Gasteiger partial charge on any atom is -0.396 e. The monoisotopic (exact) mass is 210 g/mol. The topological polar surface area (TPSA) is 20.2 Å². The molecule has 0 spiro atoms. The van der Waals surface area contributed by atoms with Gasteiger partial charge < -0.3 is 5.11 Å². The van der Waals surface area contributed by atoms with Crippen LogP contribution in [0.1, 0.15) is 39.5 Å². The van der Waals surface area contributed by atoms with Gasteiger partial charge in [0.2, 0.25) is 0 Å². The molecule has 0 atom stereocenters. The fourth-order valence-corrected chi connectivity index (χ4v) is 0.852. The number of unbranched alkanes of at least 4 members (excludes halogenated alkanes) is 2. The van der Waals surface area contributed by atoms with Gasteiger partial charge in [0.15, 0.2) is 0 Å². The minimum atomic E-state index is 0.344. The van der Waals surface area contributed by atoms with E-state index in [-0.39, 0.29) is 0 Å². The van der Waals surface area contributed by atoms with Gasteiger partial charge in [0, 0.05) is 11.9 Å². The second-order valence-electron chi connectivity index (χ2n) is 2.12. The molecular weight excluding hydrogens is 192 g/mol.